The molecule has 0 aliphatic heterocycles. The van der Waals surface area contributed by atoms with E-state index < -0.39 is 16.1 Å². The van der Waals surface area contributed by atoms with Gasteiger partial charge in [0.2, 0.25) is 21.8 Å². The SMILES string of the molecule is CC[C@@H](C)NC(=O)[C@H](CC)N(Cc1ccccc1Cl)C(=O)CCCN(c1cc(C)cc(C)c1)S(C)(=O)=O. The Morgan fingerprint density at radius 1 is 1.03 bits per heavy atom. The summed E-state index contributed by atoms with van der Waals surface area (Å²) in [5.74, 6) is -0.426. The van der Waals surface area contributed by atoms with Crippen LogP contribution >= 0.6 is 11.6 Å². The average Bonchev–Trinajstić information content (AvgIpc) is 2.81. The molecule has 0 saturated heterocycles. The summed E-state index contributed by atoms with van der Waals surface area (Å²) < 4.78 is 26.5. The molecule has 0 spiro atoms. The van der Waals surface area contributed by atoms with Gasteiger partial charge in [-0.05, 0) is 74.9 Å². The summed E-state index contributed by atoms with van der Waals surface area (Å²) in [5.41, 5.74) is 3.26. The summed E-state index contributed by atoms with van der Waals surface area (Å²) in [4.78, 5) is 28.2. The minimum Gasteiger partial charge on any atom is -0.352 e. The Kier molecular flexibility index (Phi) is 11.4. The number of carbonyl (C=O) groups excluding carboxylic acids is 2. The van der Waals surface area contributed by atoms with Crippen molar-refractivity contribution in [1.29, 1.82) is 0 Å². The number of hydrogen-bond acceptors (Lipinski definition) is 4. The summed E-state index contributed by atoms with van der Waals surface area (Å²) in [7, 11) is -3.55. The van der Waals surface area contributed by atoms with E-state index in [0.29, 0.717) is 23.6 Å². The molecule has 7 nitrogen and oxygen atoms in total. The quantitative estimate of drug-likeness (QED) is 0.371. The Morgan fingerprint density at radius 2 is 1.65 bits per heavy atom. The van der Waals surface area contributed by atoms with Crippen LogP contribution in [0.15, 0.2) is 42.5 Å². The van der Waals surface area contributed by atoms with E-state index in [4.69, 9.17) is 11.6 Å². The van der Waals surface area contributed by atoms with Gasteiger partial charge in [0.1, 0.15) is 6.04 Å². The van der Waals surface area contributed by atoms with Crippen molar-refractivity contribution in [3.8, 4) is 0 Å². The lowest BCUT2D eigenvalue weighted by Gasteiger charge is -2.32. The zero-order chi connectivity index (χ0) is 27.8. The molecule has 0 bridgehead atoms. The highest BCUT2D eigenvalue weighted by molar-refractivity contribution is 7.92. The van der Waals surface area contributed by atoms with Gasteiger partial charge in [0.15, 0.2) is 0 Å². The molecule has 0 heterocycles. The summed E-state index contributed by atoms with van der Waals surface area (Å²) >= 11 is 6.38. The molecule has 0 radical (unpaired) electrons. The van der Waals surface area contributed by atoms with Crippen LogP contribution in [0, 0.1) is 13.8 Å². The third kappa shape index (κ3) is 9.04. The van der Waals surface area contributed by atoms with Gasteiger partial charge in [-0.15, -0.1) is 0 Å². The van der Waals surface area contributed by atoms with Crippen LogP contribution in [0.5, 0.6) is 0 Å². The minimum absolute atomic E-state index is 0.0140. The number of aryl methyl sites for hydroxylation is 2. The van der Waals surface area contributed by atoms with Crippen LogP contribution in [0.4, 0.5) is 5.69 Å². The van der Waals surface area contributed by atoms with Gasteiger partial charge < -0.3 is 10.2 Å². The Labute approximate surface area is 227 Å². The van der Waals surface area contributed by atoms with E-state index in [1.807, 2.05) is 71.0 Å². The first-order valence-corrected chi connectivity index (χ1v) is 15.0. The molecule has 204 valence electrons. The van der Waals surface area contributed by atoms with Gasteiger partial charge >= 0.3 is 0 Å². The van der Waals surface area contributed by atoms with Crippen molar-refractivity contribution in [3.63, 3.8) is 0 Å². The maximum absolute atomic E-state index is 13.5. The van der Waals surface area contributed by atoms with E-state index in [2.05, 4.69) is 5.32 Å². The van der Waals surface area contributed by atoms with Crippen molar-refractivity contribution in [3.05, 3.63) is 64.2 Å². The first-order valence-electron chi connectivity index (χ1n) is 12.8. The van der Waals surface area contributed by atoms with E-state index >= 15 is 0 Å². The number of sulfonamides is 1. The van der Waals surface area contributed by atoms with Crippen LogP contribution in [0.2, 0.25) is 5.02 Å². The summed E-state index contributed by atoms with van der Waals surface area (Å²) in [6.45, 7) is 9.98. The molecule has 0 aliphatic carbocycles. The van der Waals surface area contributed by atoms with E-state index in [-0.39, 0.29) is 37.4 Å². The van der Waals surface area contributed by atoms with E-state index in [1.54, 1.807) is 11.0 Å². The lowest BCUT2D eigenvalue weighted by molar-refractivity contribution is -0.141. The molecule has 37 heavy (non-hydrogen) atoms. The number of anilines is 1. The molecule has 2 amide bonds. The Bertz CT molecular complexity index is 1170. The molecule has 0 aromatic heterocycles. The highest BCUT2D eigenvalue weighted by Gasteiger charge is 2.30. The molecule has 0 unspecified atom stereocenters. The fraction of sp³-hybridized carbons (Fsp3) is 0.500. The summed E-state index contributed by atoms with van der Waals surface area (Å²) in [5, 5.41) is 3.51. The Hall–Kier alpha value is -2.58. The number of nitrogens with zero attached hydrogens (tertiary/aromatic N) is 2. The van der Waals surface area contributed by atoms with Crippen LogP contribution in [0.1, 0.15) is 63.1 Å². The van der Waals surface area contributed by atoms with Crippen molar-refractivity contribution in [2.45, 2.75) is 78.9 Å². The summed E-state index contributed by atoms with van der Waals surface area (Å²) in [6.07, 6.45) is 2.79. The van der Waals surface area contributed by atoms with Crippen molar-refractivity contribution < 1.29 is 18.0 Å². The number of amides is 2. The van der Waals surface area contributed by atoms with Crippen LogP contribution in [-0.4, -0.2) is 50.0 Å². The van der Waals surface area contributed by atoms with Crippen molar-refractivity contribution in [1.82, 2.24) is 10.2 Å². The molecule has 2 aromatic rings. The van der Waals surface area contributed by atoms with Gasteiger partial charge in [0.25, 0.3) is 0 Å². The highest BCUT2D eigenvalue weighted by atomic mass is 35.5. The maximum atomic E-state index is 13.5. The zero-order valence-corrected chi connectivity index (χ0v) is 24.3. The normalized spacial score (nSPS) is 13.1. The topological polar surface area (TPSA) is 86.8 Å². The molecule has 0 fully saturated rings. The molecule has 1 N–H and O–H groups in total. The van der Waals surface area contributed by atoms with Gasteiger partial charge in [0.05, 0.1) is 11.9 Å². The number of benzene rings is 2. The van der Waals surface area contributed by atoms with Gasteiger partial charge in [0, 0.05) is 30.6 Å². The van der Waals surface area contributed by atoms with E-state index in [1.165, 1.54) is 10.6 Å². The second-order valence-corrected chi connectivity index (χ2v) is 12.0. The van der Waals surface area contributed by atoms with Gasteiger partial charge in [-0.1, -0.05) is 49.7 Å². The number of halogens is 1. The predicted molar refractivity (Wildman–Crippen MR) is 151 cm³/mol. The smallest absolute Gasteiger partial charge is 0.243 e. The molecule has 0 saturated carbocycles. The van der Waals surface area contributed by atoms with Crippen LogP contribution in [-0.2, 0) is 26.2 Å². The molecule has 9 heteroatoms. The average molecular weight is 550 g/mol. The van der Waals surface area contributed by atoms with Crippen LogP contribution in [0.25, 0.3) is 0 Å². The van der Waals surface area contributed by atoms with Crippen LogP contribution in [0.3, 0.4) is 0 Å². The van der Waals surface area contributed by atoms with Crippen molar-refractivity contribution >= 4 is 39.1 Å². The molecule has 2 aromatic carbocycles. The van der Waals surface area contributed by atoms with Crippen molar-refractivity contribution in [2.24, 2.45) is 0 Å². The molecule has 2 atom stereocenters. The first-order chi connectivity index (χ1) is 17.4. The Morgan fingerprint density at radius 3 is 2.19 bits per heavy atom. The fourth-order valence-electron chi connectivity index (χ4n) is 4.27. The molecular formula is C28H40ClN3O4S. The Balaban J connectivity index is 2.26. The van der Waals surface area contributed by atoms with Crippen LogP contribution < -0.4 is 9.62 Å². The van der Waals surface area contributed by atoms with E-state index in [0.717, 1.165) is 23.1 Å². The standard InChI is InChI=1S/C28H40ClN3O4S/c1-7-22(5)30-28(34)26(8-2)31(19-23-12-9-10-13-25(23)29)27(33)14-11-15-32(37(6,35)36)24-17-20(3)16-21(4)18-24/h9-10,12-13,16-18,22,26H,7-8,11,14-15,19H2,1-6H3,(H,30,34)/t22-,26+/m1/s1. The zero-order valence-electron chi connectivity index (χ0n) is 22.8. The highest BCUT2D eigenvalue weighted by Crippen LogP contribution is 2.23. The number of carbonyl (C=O) groups is 2. The number of rotatable bonds is 13. The number of hydrogen-bond donors (Lipinski definition) is 1. The molecule has 0 aliphatic rings. The maximum Gasteiger partial charge on any atom is 0.243 e. The van der Waals surface area contributed by atoms with Gasteiger partial charge in [-0.25, -0.2) is 8.42 Å². The third-order valence-electron chi connectivity index (χ3n) is 6.33. The number of nitrogens with one attached hydrogen (secondary N) is 1. The monoisotopic (exact) mass is 549 g/mol. The third-order valence-corrected chi connectivity index (χ3v) is 7.89. The first kappa shape index (κ1) is 30.6. The lowest BCUT2D eigenvalue weighted by atomic mass is 10.1. The van der Waals surface area contributed by atoms with Crippen molar-refractivity contribution in [2.75, 3.05) is 17.1 Å². The minimum atomic E-state index is -3.55. The predicted octanol–water partition coefficient (Wildman–Crippen LogP) is 5.23. The lowest BCUT2D eigenvalue weighted by Crippen LogP contribution is -2.50. The molecular weight excluding hydrogens is 510 g/mol. The largest absolute Gasteiger partial charge is 0.352 e. The molecule has 2 rings (SSSR count). The second-order valence-electron chi connectivity index (χ2n) is 9.64. The van der Waals surface area contributed by atoms with Gasteiger partial charge in [-0.2, -0.15) is 0 Å². The second kappa shape index (κ2) is 13.8. The van der Waals surface area contributed by atoms with E-state index in [9.17, 15) is 18.0 Å². The fourth-order valence-corrected chi connectivity index (χ4v) is 5.41. The summed E-state index contributed by atoms with van der Waals surface area (Å²) in [6, 6.07) is 12.2. The van der Waals surface area contributed by atoms with Gasteiger partial charge in [-0.3, -0.25) is 13.9 Å².